The van der Waals surface area contributed by atoms with Gasteiger partial charge in [-0.05, 0) is 32.5 Å². The summed E-state index contributed by atoms with van der Waals surface area (Å²) in [6.07, 6.45) is 1.17. The molecule has 1 aliphatic heterocycles. The van der Waals surface area contributed by atoms with Gasteiger partial charge in [-0.1, -0.05) is 0 Å². The van der Waals surface area contributed by atoms with Crippen LogP contribution in [0.3, 0.4) is 0 Å². The molecule has 0 bridgehead atoms. The molecule has 1 saturated heterocycles. The van der Waals surface area contributed by atoms with E-state index in [4.69, 9.17) is 0 Å². The maximum Gasteiger partial charge on any atom is 0.141 e. The number of aliphatic hydroxyl groups is 1. The highest BCUT2D eigenvalue weighted by molar-refractivity contribution is 5.07. The van der Waals surface area contributed by atoms with Gasteiger partial charge in [0.05, 0.1) is 18.0 Å². The second-order valence-corrected chi connectivity index (χ2v) is 5.34. The third kappa shape index (κ3) is 3.96. The van der Waals surface area contributed by atoms with Crippen molar-refractivity contribution in [2.24, 2.45) is 0 Å². The van der Waals surface area contributed by atoms with Crippen LogP contribution < -0.4 is 0 Å². The first-order valence-corrected chi connectivity index (χ1v) is 6.78. The lowest BCUT2D eigenvalue weighted by atomic mass is 10.1. The lowest BCUT2D eigenvalue weighted by molar-refractivity contribution is 0.0828. The van der Waals surface area contributed by atoms with Crippen LogP contribution in [0.1, 0.15) is 25.1 Å². The first-order chi connectivity index (χ1) is 9.06. The number of pyridine rings is 1. The van der Waals surface area contributed by atoms with Crippen LogP contribution in [0.4, 0.5) is 4.39 Å². The number of halogens is 1. The molecule has 2 heterocycles. The molecule has 1 aromatic rings. The number of rotatable bonds is 4. The van der Waals surface area contributed by atoms with E-state index in [0.29, 0.717) is 18.2 Å². The van der Waals surface area contributed by atoms with E-state index in [2.05, 4.69) is 28.8 Å². The number of hydrogen-bond donors (Lipinski definition) is 1. The molecule has 19 heavy (non-hydrogen) atoms. The first-order valence-electron chi connectivity index (χ1n) is 6.78. The van der Waals surface area contributed by atoms with Crippen molar-refractivity contribution < 1.29 is 9.50 Å². The van der Waals surface area contributed by atoms with Crippen molar-refractivity contribution in [1.29, 1.82) is 0 Å². The van der Waals surface area contributed by atoms with E-state index >= 15 is 0 Å². The molecular formula is C14H22FN3O. The molecule has 2 atom stereocenters. The molecule has 106 valence electrons. The zero-order valence-corrected chi connectivity index (χ0v) is 11.6. The van der Waals surface area contributed by atoms with Crippen molar-refractivity contribution in [3.8, 4) is 0 Å². The van der Waals surface area contributed by atoms with Gasteiger partial charge < -0.3 is 14.9 Å². The third-order valence-electron chi connectivity index (χ3n) is 3.85. The van der Waals surface area contributed by atoms with Gasteiger partial charge in [-0.15, -0.1) is 0 Å². The Balaban J connectivity index is 1.80. The zero-order valence-electron chi connectivity index (χ0n) is 11.6. The summed E-state index contributed by atoms with van der Waals surface area (Å²) in [5.41, 5.74) is 0.545. The number of aliphatic hydroxyl groups excluding tert-OH is 1. The molecule has 1 N–H and O–H groups in total. The fourth-order valence-electron chi connectivity index (χ4n) is 2.36. The fraction of sp³-hybridized carbons (Fsp3) is 0.643. The Morgan fingerprint density at radius 1 is 1.47 bits per heavy atom. The van der Waals surface area contributed by atoms with E-state index in [1.165, 1.54) is 6.07 Å². The predicted molar refractivity (Wildman–Crippen MR) is 72.3 cm³/mol. The lowest BCUT2D eigenvalue weighted by Gasteiger charge is -2.37. The lowest BCUT2D eigenvalue weighted by Crippen LogP contribution is -2.50. The molecule has 0 radical (unpaired) electrons. The van der Waals surface area contributed by atoms with E-state index in [1.807, 2.05) is 0 Å². The van der Waals surface area contributed by atoms with Crippen molar-refractivity contribution in [3.63, 3.8) is 0 Å². The highest BCUT2D eigenvalue weighted by Crippen LogP contribution is 2.16. The largest absolute Gasteiger partial charge is 0.387 e. The highest BCUT2D eigenvalue weighted by Gasteiger charge is 2.21. The van der Waals surface area contributed by atoms with Crippen molar-refractivity contribution >= 4 is 0 Å². The molecule has 2 rings (SSSR count). The van der Waals surface area contributed by atoms with E-state index in [0.717, 1.165) is 32.4 Å². The molecule has 1 fully saturated rings. The van der Waals surface area contributed by atoms with Crippen LogP contribution in [0.15, 0.2) is 18.3 Å². The Morgan fingerprint density at radius 2 is 2.26 bits per heavy atom. The van der Waals surface area contributed by atoms with Crippen LogP contribution >= 0.6 is 0 Å². The summed E-state index contributed by atoms with van der Waals surface area (Å²) in [5.74, 6) is -0.371. The van der Waals surface area contributed by atoms with Crippen LogP contribution in [0.2, 0.25) is 0 Å². The minimum absolute atomic E-state index is 0.371. The Morgan fingerprint density at radius 3 is 2.89 bits per heavy atom. The fourth-order valence-corrected chi connectivity index (χ4v) is 2.36. The monoisotopic (exact) mass is 267 g/mol. The molecular weight excluding hydrogens is 245 g/mol. The minimum atomic E-state index is -0.615. The zero-order chi connectivity index (χ0) is 13.8. The van der Waals surface area contributed by atoms with E-state index in [1.54, 1.807) is 6.07 Å². The number of piperazine rings is 1. The molecule has 0 amide bonds. The molecule has 0 saturated carbocycles. The molecule has 0 spiro atoms. The Bertz CT molecular complexity index is 398. The van der Waals surface area contributed by atoms with Crippen molar-refractivity contribution in [2.75, 3.05) is 33.2 Å². The van der Waals surface area contributed by atoms with Crippen LogP contribution in [0.25, 0.3) is 0 Å². The molecule has 1 aromatic heterocycles. The second kappa shape index (κ2) is 6.41. The summed E-state index contributed by atoms with van der Waals surface area (Å²) in [4.78, 5) is 8.62. The number of likely N-dealkylation sites (N-methyl/N-ethyl adjacent to an activating group) is 1. The van der Waals surface area contributed by atoms with Gasteiger partial charge in [0, 0.05) is 32.2 Å². The number of hydrogen-bond acceptors (Lipinski definition) is 4. The van der Waals surface area contributed by atoms with E-state index < -0.39 is 6.10 Å². The minimum Gasteiger partial charge on any atom is -0.387 e. The van der Waals surface area contributed by atoms with Gasteiger partial charge in [0.1, 0.15) is 5.82 Å². The summed E-state index contributed by atoms with van der Waals surface area (Å²) in [7, 11) is 2.14. The standard InChI is InChI=1S/C14H22FN3O/c1-11-10-18(8-7-17(11)2)6-5-14(19)13-4-3-12(15)9-16-13/h3-4,9,11,14,19H,5-8,10H2,1-2H3. The Kier molecular flexibility index (Phi) is 4.85. The third-order valence-corrected chi connectivity index (χ3v) is 3.85. The van der Waals surface area contributed by atoms with Crippen LogP contribution in [-0.2, 0) is 0 Å². The van der Waals surface area contributed by atoms with Crippen LogP contribution in [0, 0.1) is 5.82 Å². The number of aromatic nitrogens is 1. The van der Waals surface area contributed by atoms with Crippen LogP contribution in [0.5, 0.6) is 0 Å². The Labute approximate surface area is 113 Å². The van der Waals surface area contributed by atoms with Gasteiger partial charge >= 0.3 is 0 Å². The molecule has 0 aromatic carbocycles. The van der Waals surface area contributed by atoms with Gasteiger partial charge in [0.25, 0.3) is 0 Å². The Hall–Kier alpha value is -1.04. The maximum atomic E-state index is 12.7. The topological polar surface area (TPSA) is 39.6 Å². The summed E-state index contributed by atoms with van der Waals surface area (Å²) < 4.78 is 12.7. The summed E-state index contributed by atoms with van der Waals surface area (Å²) in [6, 6.07) is 3.44. The van der Waals surface area contributed by atoms with Gasteiger partial charge in [-0.2, -0.15) is 0 Å². The van der Waals surface area contributed by atoms with E-state index in [9.17, 15) is 9.50 Å². The molecule has 4 nitrogen and oxygen atoms in total. The molecule has 0 aliphatic carbocycles. The normalized spacial score (nSPS) is 23.5. The van der Waals surface area contributed by atoms with Gasteiger partial charge in [0.15, 0.2) is 0 Å². The highest BCUT2D eigenvalue weighted by atomic mass is 19.1. The smallest absolute Gasteiger partial charge is 0.141 e. The second-order valence-electron chi connectivity index (χ2n) is 5.34. The van der Waals surface area contributed by atoms with Crippen LogP contribution in [-0.4, -0.2) is 59.2 Å². The average Bonchev–Trinajstić information content (AvgIpc) is 2.40. The van der Waals surface area contributed by atoms with Crippen molar-refractivity contribution in [3.05, 3.63) is 29.8 Å². The van der Waals surface area contributed by atoms with Gasteiger partial charge in [-0.3, -0.25) is 4.98 Å². The summed E-state index contributed by atoms with van der Waals surface area (Å²) in [5, 5.41) is 10.0. The van der Waals surface area contributed by atoms with Crippen molar-refractivity contribution in [2.45, 2.75) is 25.5 Å². The van der Waals surface area contributed by atoms with Gasteiger partial charge in [-0.25, -0.2) is 4.39 Å². The van der Waals surface area contributed by atoms with E-state index in [-0.39, 0.29) is 5.82 Å². The summed E-state index contributed by atoms with van der Waals surface area (Å²) in [6.45, 7) is 6.18. The van der Waals surface area contributed by atoms with Crippen molar-refractivity contribution in [1.82, 2.24) is 14.8 Å². The van der Waals surface area contributed by atoms with Gasteiger partial charge in [0.2, 0.25) is 0 Å². The SMILES string of the molecule is CC1CN(CCC(O)c2ccc(F)cn2)CCN1C. The average molecular weight is 267 g/mol. The number of nitrogens with zero attached hydrogens (tertiary/aromatic N) is 3. The molecule has 1 aliphatic rings. The quantitative estimate of drug-likeness (QED) is 0.892. The first kappa shape index (κ1) is 14.4. The molecule has 2 unspecified atom stereocenters. The summed E-state index contributed by atoms with van der Waals surface area (Å²) >= 11 is 0. The molecule has 5 heteroatoms. The predicted octanol–water partition coefficient (Wildman–Crippen LogP) is 1.28. The maximum absolute atomic E-state index is 12.7.